The van der Waals surface area contributed by atoms with Crippen LogP contribution >= 0.6 is 0 Å². The summed E-state index contributed by atoms with van der Waals surface area (Å²) in [5.74, 6) is 0. The Morgan fingerprint density at radius 2 is 1.50 bits per heavy atom. The van der Waals surface area contributed by atoms with E-state index in [2.05, 4.69) is 0 Å². The van der Waals surface area contributed by atoms with Gasteiger partial charge >= 0.3 is 0 Å². The molecule has 0 N–H and O–H groups in total. The molecule has 1 fully saturated rings. The fourth-order valence-electron chi connectivity index (χ4n) is 0. The van der Waals surface area contributed by atoms with Crippen LogP contribution in [-0.2, 0) is 0 Å². The lowest BCUT2D eigenvalue weighted by molar-refractivity contribution is 1.49. The molecule has 0 aromatic rings. The Balaban J connectivity index is 0.0000000833. The van der Waals surface area contributed by atoms with Crippen LogP contribution in [0.4, 0.5) is 0 Å². The Labute approximate surface area is 38.6 Å². The van der Waals surface area contributed by atoms with Gasteiger partial charge in [-0.25, -0.2) is 0 Å². The summed E-state index contributed by atoms with van der Waals surface area (Å²) in [5.41, 5.74) is 0. The molecule has 0 heterocycles. The second kappa shape index (κ2) is 4.49. The highest BCUT2D eigenvalue weighted by molar-refractivity contribution is 4.51. The van der Waals surface area contributed by atoms with E-state index in [1.54, 1.807) is 6.07 Å². The van der Waals surface area contributed by atoms with Gasteiger partial charge in [-0.2, -0.15) is 5.26 Å². The maximum atomic E-state index is 7.32. The third-order valence-corrected chi connectivity index (χ3v) is 0.354. The van der Waals surface area contributed by atoms with E-state index in [9.17, 15) is 0 Å². The molecule has 0 spiro atoms. The van der Waals surface area contributed by atoms with E-state index in [4.69, 9.17) is 5.26 Å². The van der Waals surface area contributed by atoms with Gasteiger partial charge in [-0.05, 0) is 0 Å². The van der Waals surface area contributed by atoms with Crippen LogP contribution in [0.5, 0.6) is 0 Å². The molecule has 0 bridgehead atoms. The fourth-order valence-corrected chi connectivity index (χ4v) is 0. The van der Waals surface area contributed by atoms with Gasteiger partial charge < -0.3 is 0 Å². The SMILES string of the molecule is C1CC1.CC#N. The molecule has 0 unspecified atom stereocenters. The molecule has 0 saturated heterocycles. The normalized spacial score (nSPS) is 13.3. The molecule has 6 heavy (non-hydrogen) atoms. The van der Waals surface area contributed by atoms with Crippen LogP contribution in [-0.4, -0.2) is 0 Å². The second-order valence-corrected chi connectivity index (χ2v) is 1.28. The van der Waals surface area contributed by atoms with Crippen LogP contribution in [0.3, 0.4) is 0 Å². The van der Waals surface area contributed by atoms with Crippen molar-refractivity contribution in [3.8, 4) is 6.07 Å². The monoisotopic (exact) mass is 83.1 g/mol. The van der Waals surface area contributed by atoms with Crippen molar-refractivity contribution in [3.63, 3.8) is 0 Å². The Morgan fingerprint density at radius 1 is 1.33 bits per heavy atom. The number of rotatable bonds is 0. The third-order valence-electron chi connectivity index (χ3n) is 0.354. The van der Waals surface area contributed by atoms with E-state index in [-0.39, 0.29) is 0 Å². The zero-order chi connectivity index (χ0) is 4.83. The van der Waals surface area contributed by atoms with E-state index in [1.807, 2.05) is 0 Å². The van der Waals surface area contributed by atoms with Crippen molar-refractivity contribution in [1.82, 2.24) is 0 Å². The Morgan fingerprint density at radius 3 is 1.50 bits per heavy atom. The molecule has 0 radical (unpaired) electrons. The van der Waals surface area contributed by atoms with E-state index in [1.165, 1.54) is 26.2 Å². The molecule has 1 rings (SSSR count). The zero-order valence-electron chi connectivity index (χ0n) is 4.07. The maximum absolute atomic E-state index is 7.32. The average molecular weight is 83.1 g/mol. The maximum Gasteiger partial charge on any atom is 0.0587 e. The molecule has 34 valence electrons. The summed E-state index contributed by atoms with van der Waals surface area (Å²) in [5, 5.41) is 7.32. The number of nitrogens with zero attached hydrogens (tertiary/aromatic N) is 1. The van der Waals surface area contributed by atoms with Gasteiger partial charge in [0.2, 0.25) is 0 Å². The van der Waals surface area contributed by atoms with Crippen molar-refractivity contribution in [2.45, 2.75) is 26.2 Å². The van der Waals surface area contributed by atoms with Crippen LogP contribution in [0.2, 0.25) is 0 Å². The highest BCUT2D eigenvalue weighted by Crippen LogP contribution is 2.14. The predicted octanol–water partition coefficient (Wildman–Crippen LogP) is 1.70. The molecular formula is C5H9N. The van der Waals surface area contributed by atoms with Crippen LogP contribution in [0.25, 0.3) is 0 Å². The minimum absolute atomic E-state index is 1.43. The van der Waals surface area contributed by atoms with Gasteiger partial charge in [0.15, 0.2) is 0 Å². The molecule has 1 aliphatic rings. The van der Waals surface area contributed by atoms with Gasteiger partial charge in [0, 0.05) is 6.92 Å². The molecule has 1 nitrogen and oxygen atoms in total. The molecular weight excluding hydrogens is 74.1 g/mol. The van der Waals surface area contributed by atoms with Crippen molar-refractivity contribution in [2.24, 2.45) is 0 Å². The first-order valence-electron chi connectivity index (χ1n) is 2.22. The van der Waals surface area contributed by atoms with Crippen LogP contribution in [0.15, 0.2) is 0 Å². The van der Waals surface area contributed by atoms with Crippen molar-refractivity contribution in [2.75, 3.05) is 0 Å². The van der Waals surface area contributed by atoms with Crippen LogP contribution < -0.4 is 0 Å². The lowest BCUT2D eigenvalue weighted by Crippen LogP contribution is -1.10. The van der Waals surface area contributed by atoms with Gasteiger partial charge in [-0.1, -0.05) is 19.3 Å². The first kappa shape index (κ1) is 5.49. The topological polar surface area (TPSA) is 23.8 Å². The lowest BCUT2D eigenvalue weighted by atomic mass is 11.0. The molecule has 0 amide bonds. The molecule has 1 aliphatic carbocycles. The van der Waals surface area contributed by atoms with Gasteiger partial charge in [0.1, 0.15) is 0 Å². The summed E-state index contributed by atoms with van der Waals surface area (Å²) in [6, 6.07) is 1.75. The van der Waals surface area contributed by atoms with Gasteiger partial charge in [-0.3, -0.25) is 0 Å². The highest BCUT2D eigenvalue weighted by atomic mass is 14.2. The number of hydrogen-bond donors (Lipinski definition) is 0. The van der Waals surface area contributed by atoms with Crippen molar-refractivity contribution in [3.05, 3.63) is 0 Å². The molecule has 1 heteroatoms. The Bertz CT molecular complexity index is 46.7. The van der Waals surface area contributed by atoms with Gasteiger partial charge in [0.25, 0.3) is 0 Å². The van der Waals surface area contributed by atoms with Crippen LogP contribution in [0.1, 0.15) is 26.2 Å². The Kier molecular flexibility index (Phi) is 4.11. The molecule has 0 aromatic carbocycles. The van der Waals surface area contributed by atoms with Gasteiger partial charge in [-0.15, -0.1) is 0 Å². The standard InChI is InChI=1S/C3H6.C2H3N/c1-2-3-1;1-2-3/h1-3H2;1H3. The Hall–Kier alpha value is -0.510. The summed E-state index contributed by atoms with van der Waals surface area (Å²) in [6.07, 6.45) is 4.50. The largest absolute Gasteiger partial charge is 0.199 e. The molecule has 0 aliphatic heterocycles. The molecule has 1 saturated carbocycles. The third kappa shape index (κ3) is 90.1. The van der Waals surface area contributed by atoms with Crippen molar-refractivity contribution >= 4 is 0 Å². The van der Waals surface area contributed by atoms with Crippen molar-refractivity contribution < 1.29 is 0 Å². The van der Waals surface area contributed by atoms with E-state index < -0.39 is 0 Å². The van der Waals surface area contributed by atoms with E-state index >= 15 is 0 Å². The summed E-state index contributed by atoms with van der Waals surface area (Å²) in [4.78, 5) is 0. The predicted molar refractivity (Wildman–Crippen MR) is 25.1 cm³/mol. The van der Waals surface area contributed by atoms with Crippen molar-refractivity contribution in [1.29, 1.82) is 5.26 Å². The summed E-state index contributed by atoms with van der Waals surface area (Å²) >= 11 is 0. The minimum Gasteiger partial charge on any atom is -0.199 e. The first-order chi connectivity index (χ1) is 2.91. The highest BCUT2D eigenvalue weighted by Gasteiger charge is 1.95. The smallest absolute Gasteiger partial charge is 0.0587 e. The fraction of sp³-hybridized carbons (Fsp3) is 0.800. The van der Waals surface area contributed by atoms with E-state index in [0.29, 0.717) is 0 Å². The average Bonchev–Trinajstić information content (AvgIpc) is 2.11. The molecule has 0 atom stereocenters. The van der Waals surface area contributed by atoms with E-state index in [0.717, 1.165) is 0 Å². The quantitative estimate of drug-likeness (QED) is 0.437. The minimum atomic E-state index is 1.43. The number of hydrogen-bond acceptors (Lipinski definition) is 1. The first-order valence-corrected chi connectivity index (χ1v) is 2.22. The lowest BCUT2D eigenvalue weighted by Gasteiger charge is -1.15. The molecule has 0 aromatic heterocycles. The van der Waals surface area contributed by atoms with Crippen LogP contribution in [0, 0.1) is 11.3 Å². The van der Waals surface area contributed by atoms with Gasteiger partial charge in [0.05, 0.1) is 6.07 Å². The number of nitriles is 1. The second-order valence-electron chi connectivity index (χ2n) is 1.28. The summed E-state index contributed by atoms with van der Waals surface area (Å²) in [7, 11) is 0. The zero-order valence-corrected chi connectivity index (χ0v) is 4.07. The summed E-state index contributed by atoms with van der Waals surface area (Å²) < 4.78 is 0. The summed E-state index contributed by atoms with van der Waals surface area (Å²) in [6.45, 7) is 1.43.